The lowest BCUT2D eigenvalue weighted by atomic mass is 9.43. The number of hydrogen-bond donors (Lipinski definition) is 1. The Morgan fingerprint density at radius 2 is 1.73 bits per heavy atom. The molecule has 1 aliphatic heterocycles. The van der Waals surface area contributed by atoms with Crippen molar-refractivity contribution in [3.05, 3.63) is 29.8 Å². The summed E-state index contributed by atoms with van der Waals surface area (Å²) in [5.74, 6) is 2.86. The third kappa shape index (κ3) is 4.53. The van der Waals surface area contributed by atoms with Gasteiger partial charge in [-0.1, -0.05) is 71.3 Å². The second-order valence-electron chi connectivity index (χ2n) is 13.7. The maximum Gasteiger partial charge on any atom is 0.291 e. The van der Waals surface area contributed by atoms with Crippen LogP contribution in [0.1, 0.15) is 51.5 Å². The van der Waals surface area contributed by atoms with E-state index in [-0.39, 0.29) is 11.5 Å². The molecule has 184 valence electrons. The van der Waals surface area contributed by atoms with Gasteiger partial charge in [-0.15, -0.1) is 0 Å². The number of para-hydroxylation sites is 1. The van der Waals surface area contributed by atoms with Gasteiger partial charge < -0.3 is 18.7 Å². The van der Waals surface area contributed by atoms with Crippen LogP contribution in [0.5, 0.6) is 5.75 Å². The lowest BCUT2D eigenvalue weighted by Gasteiger charge is -2.66. The van der Waals surface area contributed by atoms with E-state index in [1.165, 1.54) is 12.0 Å². The molecule has 3 aliphatic carbocycles. The highest BCUT2D eigenvalue weighted by molar-refractivity contribution is 6.90. The minimum Gasteiger partial charge on any atom is -0.493 e. The van der Waals surface area contributed by atoms with E-state index in [0.29, 0.717) is 31.2 Å². The summed E-state index contributed by atoms with van der Waals surface area (Å²) in [6, 6.07) is 8.54. The van der Waals surface area contributed by atoms with Crippen molar-refractivity contribution in [3.8, 4) is 5.75 Å². The van der Waals surface area contributed by atoms with E-state index >= 15 is 0 Å². The van der Waals surface area contributed by atoms with Crippen molar-refractivity contribution in [1.82, 2.24) is 4.23 Å². The molecule has 4 aliphatic rings. The third-order valence-corrected chi connectivity index (χ3v) is 16.7. The molecule has 33 heavy (non-hydrogen) atoms. The van der Waals surface area contributed by atoms with Gasteiger partial charge in [0.15, 0.2) is 0 Å². The Bertz CT molecular complexity index is 854. The van der Waals surface area contributed by atoms with Gasteiger partial charge in [-0.25, -0.2) is 0 Å². The average Bonchev–Trinajstić information content (AvgIpc) is 3.09. The maximum absolute atomic E-state index is 11.1. The highest BCUT2D eigenvalue weighted by atomic mass is 28.4. The summed E-state index contributed by atoms with van der Waals surface area (Å²) in [5.41, 5.74) is 1.16. The van der Waals surface area contributed by atoms with Crippen LogP contribution in [-0.2, 0) is 4.65 Å². The zero-order chi connectivity index (χ0) is 24.4. The van der Waals surface area contributed by atoms with Crippen molar-refractivity contribution < 1.29 is 14.5 Å². The molecule has 0 amide bonds. The number of aliphatic hydroxyl groups excluding tert-OH is 1. The summed E-state index contributed by atoms with van der Waals surface area (Å²) in [6.07, 6.45) is 2.76. The van der Waals surface area contributed by atoms with Gasteiger partial charge in [0, 0.05) is 11.5 Å². The number of benzene rings is 1. The van der Waals surface area contributed by atoms with Crippen molar-refractivity contribution in [2.45, 2.75) is 103 Å². The van der Waals surface area contributed by atoms with Gasteiger partial charge in [0.2, 0.25) is 0 Å². The lowest BCUT2D eigenvalue weighted by molar-refractivity contribution is -0.234. The van der Waals surface area contributed by atoms with Gasteiger partial charge in [0.1, 0.15) is 22.2 Å². The second kappa shape index (κ2) is 8.51. The van der Waals surface area contributed by atoms with E-state index in [4.69, 9.17) is 9.39 Å². The molecular formula is C26H46BNO3Si2. The first-order chi connectivity index (χ1) is 15.2. The summed E-state index contributed by atoms with van der Waals surface area (Å²) in [4.78, 5) is 0. The monoisotopic (exact) mass is 487 g/mol. The highest BCUT2D eigenvalue weighted by Gasteiger charge is 2.63. The Morgan fingerprint density at radius 1 is 1.09 bits per heavy atom. The van der Waals surface area contributed by atoms with E-state index in [2.05, 4.69) is 88.5 Å². The molecule has 1 aromatic rings. The molecule has 2 bridgehead atoms. The summed E-state index contributed by atoms with van der Waals surface area (Å²) < 4.78 is 15.9. The fourth-order valence-corrected chi connectivity index (χ4v) is 18.3. The number of fused-ring (bicyclic) bond motifs is 3. The molecular weight excluding hydrogens is 441 g/mol. The summed E-state index contributed by atoms with van der Waals surface area (Å²) in [6.45, 7) is 22.6. The predicted octanol–water partition coefficient (Wildman–Crippen LogP) is 5.40. The number of hydrogen-bond acceptors (Lipinski definition) is 4. The first-order valence-corrected chi connectivity index (χ1v) is 19.9. The zero-order valence-corrected chi connectivity index (χ0v) is 24.4. The smallest absolute Gasteiger partial charge is 0.291 e. The second-order valence-corrected chi connectivity index (χ2v) is 23.8. The van der Waals surface area contributed by atoms with Crippen LogP contribution < -0.4 is 4.74 Å². The van der Waals surface area contributed by atoms with Crippen LogP contribution in [-0.4, -0.2) is 57.5 Å². The van der Waals surface area contributed by atoms with E-state index in [9.17, 15) is 5.11 Å². The van der Waals surface area contributed by atoms with Crippen LogP contribution in [0, 0.1) is 17.3 Å². The van der Waals surface area contributed by atoms with E-state index in [1.807, 2.05) is 0 Å². The standard InChI is InChI=1S/C26H46BNO3Si2/c1-25(2)19-15-22(25)26(3,23(29)16-19)31-27-24(28(32(4,5)6)33(7,8)9)14-18-17-30-21-13-11-10-12-20(18)21/h10-13,18-19,22-24,27,29H,14-17H2,1-9H3/t18?,19-,22-,23+,24?,26-/m0/s1. The van der Waals surface area contributed by atoms with Crippen LogP contribution >= 0.6 is 0 Å². The highest BCUT2D eigenvalue weighted by Crippen LogP contribution is 2.63. The maximum atomic E-state index is 11.1. The molecule has 6 atom stereocenters. The average molecular weight is 488 g/mol. The Kier molecular flexibility index (Phi) is 6.57. The predicted molar refractivity (Wildman–Crippen MR) is 144 cm³/mol. The largest absolute Gasteiger partial charge is 0.493 e. The molecule has 4 nitrogen and oxygen atoms in total. The van der Waals surface area contributed by atoms with Crippen LogP contribution in [0.25, 0.3) is 0 Å². The van der Waals surface area contributed by atoms with Gasteiger partial charge in [0.05, 0.1) is 18.3 Å². The van der Waals surface area contributed by atoms with Gasteiger partial charge in [0.25, 0.3) is 7.48 Å². The van der Waals surface area contributed by atoms with E-state index in [1.54, 1.807) is 0 Å². The Balaban J connectivity index is 1.60. The SMILES string of the molecule is CC1(C)[C@@H]2C[C@@H](O)[C@@](C)(OBC(CC3COc4ccccc43)N([Si](C)(C)C)[Si](C)(C)C)[C@H]1C2. The normalized spacial score (nSPS) is 33.8. The van der Waals surface area contributed by atoms with Gasteiger partial charge in [-0.3, -0.25) is 0 Å². The molecule has 5 rings (SSSR count). The van der Waals surface area contributed by atoms with Crippen molar-refractivity contribution in [2.75, 3.05) is 6.61 Å². The topological polar surface area (TPSA) is 41.9 Å². The lowest BCUT2D eigenvalue weighted by Crippen LogP contribution is -2.69. The van der Waals surface area contributed by atoms with Gasteiger partial charge >= 0.3 is 0 Å². The fraction of sp³-hybridized carbons (Fsp3) is 0.769. The number of ether oxygens (including phenoxy) is 1. The Labute approximate surface area is 204 Å². The molecule has 3 saturated carbocycles. The van der Waals surface area contributed by atoms with Gasteiger partial charge in [-0.2, -0.15) is 0 Å². The molecule has 7 heteroatoms. The van der Waals surface area contributed by atoms with Crippen molar-refractivity contribution in [3.63, 3.8) is 0 Å². The molecule has 3 fully saturated rings. The first-order valence-electron chi connectivity index (χ1n) is 13.0. The van der Waals surface area contributed by atoms with Gasteiger partial charge in [-0.05, 0) is 55.4 Å². The van der Waals surface area contributed by atoms with Crippen LogP contribution in [0.3, 0.4) is 0 Å². The zero-order valence-electron chi connectivity index (χ0n) is 22.4. The van der Waals surface area contributed by atoms with Crippen molar-refractivity contribution >= 4 is 24.0 Å². The van der Waals surface area contributed by atoms with E-state index < -0.39 is 22.1 Å². The molecule has 0 saturated heterocycles. The third-order valence-electron chi connectivity index (χ3n) is 9.08. The van der Waals surface area contributed by atoms with Crippen molar-refractivity contribution in [2.24, 2.45) is 17.3 Å². The fourth-order valence-electron chi connectivity index (χ4n) is 7.70. The molecule has 0 spiro atoms. The molecule has 2 unspecified atom stereocenters. The summed E-state index contributed by atoms with van der Waals surface area (Å²) in [7, 11) is -2.51. The Morgan fingerprint density at radius 3 is 2.33 bits per heavy atom. The van der Waals surface area contributed by atoms with Crippen molar-refractivity contribution in [1.29, 1.82) is 0 Å². The first kappa shape index (κ1) is 25.5. The van der Waals surface area contributed by atoms with Crippen LogP contribution in [0.2, 0.25) is 39.3 Å². The van der Waals surface area contributed by atoms with E-state index in [0.717, 1.165) is 25.2 Å². The van der Waals surface area contributed by atoms with Crippen LogP contribution in [0.15, 0.2) is 24.3 Å². The number of nitrogens with zero attached hydrogens (tertiary/aromatic N) is 1. The summed E-state index contributed by atoms with van der Waals surface area (Å²) >= 11 is 0. The Hall–Kier alpha value is -0.601. The molecule has 0 aromatic heterocycles. The summed E-state index contributed by atoms with van der Waals surface area (Å²) in [5, 5.41) is 11.1. The molecule has 1 heterocycles. The number of aliphatic hydroxyl groups is 1. The molecule has 1 N–H and O–H groups in total. The minimum atomic E-state index is -1.60. The number of rotatable bonds is 8. The van der Waals surface area contributed by atoms with Crippen LogP contribution in [0.4, 0.5) is 0 Å². The minimum absolute atomic E-state index is 0.263. The molecule has 0 radical (unpaired) electrons. The quantitative estimate of drug-likeness (QED) is 0.499. The molecule has 1 aromatic carbocycles.